The molecule has 0 bridgehead atoms. The van der Waals surface area contributed by atoms with Crippen LogP contribution in [0.2, 0.25) is 0 Å². The smallest absolute Gasteiger partial charge is 0.227 e. The highest BCUT2D eigenvalue weighted by atomic mass is 15.3. The molecule has 1 fully saturated rings. The van der Waals surface area contributed by atoms with Crippen LogP contribution in [-0.4, -0.2) is 37.8 Å². The predicted octanol–water partition coefficient (Wildman–Crippen LogP) is 6.02. The number of nitrogens with one attached hydrogen (secondary N) is 1. The van der Waals surface area contributed by atoms with Crippen molar-refractivity contribution in [3.63, 3.8) is 0 Å². The van der Waals surface area contributed by atoms with Gasteiger partial charge in [0.15, 0.2) is 5.82 Å². The van der Waals surface area contributed by atoms with Crippen LogP contribution in [0, 0.1) is 11.3 Å². The zero-order valence-corrected chi connectivity index (χ0v) is 21.6. The molecule has 37 heavy (non-hydrogen) atoms. The van der Waals surface area contributed by atoms with Gasteiger partial charge < -0.3 is 10.2 Å². The number of hydrogen-bond acceptors (Lipinski definition) is 7. The molecule has 3 heterocycles. The quantitative estimate of drug-likeness (QED) is 0.364. The molecule has 1 saturated heterocycles. The van der Waals surface area contributed by atoms with Gasteiger partial charge in [-0.3, -0.25) is 0 Å². The van der Waals surface area contributed by atoms with Crippen molar-refractivity contribution in [1.82, 2.24) is 24.7 Å². The van der Waals surface area contributed by atoms with Gasteiger partial charge in [0.2, 0.25) is 5.95 Å². The van der Waals surface area contributed by atoms with Crippen molar-refractivity contribution in [1.29, 1.82) is 5.26 Å². The third-order valence-corrected chi connectivity index (χ3v) is 6.52. The minimum Gasteiger partial charge on any atom is -0.371 e. The van der Waals surface area contributed by atoms with Crippen LogP contribution in [0.5, 0.6) is 0 Å². The highest BCUT2D eigenvalue weighted by molar-refractivity contribution is 5.70. The largest absolute Gasteiger partial charge is 0.371 e. The Kier molecular flexibility index (Phi) is 6.87. The van der Waals surface area contributed by atoms with Crippen LogP contribution < -0.4 is 10.2 Å². The van der Waals surface area contributed by atoms with Gasteiger partial charge in [0.05, 0.1) is 23.0 Å². The van der Waals surface area contributed by atoms with Crippen molar-refractivity contribution >= 4 is 17.3 Å². The van der Waals surface area contributed by atoms with Crippen molar-refractivity contribution in [2.75, 3.05) is 23.3 Å². The number of nitrogens with zero attached hydrogens (tertiary/aromatic N) is 7. The summed E-state index contributed by atoms with van der Waals surface area (Å²) in [6.45, 7) is 8.33. The lowest BCUT2D eigenvalue weighted by Gasteiger charge is -2.23. The number of nitriles is 1. The number of benzene rings is 2. The monoisotopic (exact) mass is 492 g/mol. The Morgan fingerprint density at radius 1 is 0.892 bits per heavy atom. The normalized spacial score (nSPS) is 14.2. The Morgan fingerprint density at radius 3 is 2.32 bits per heavy atom. The van der Waals surface area contributed by atoms with E-state index in [9.17, 15) is 5.26 Å². The van der Waals surface area contributed by atoms with Gasteiger partial charge in [-0.15, -0.1) is 0 Å². The van der Waals surface area contributed by atoms with E-state index in [1.54, 1.807) is 17.2 Å². The summed E-state index contributed by atoms with van der Waals surface area (Å²) in [5.41, 5.74) is 5.12. The van der Waals surface area contributed by atoms with E-state index < -0.39 is 0 Å². The van der Waals surface area contributed by atoms with Crippen molar-refractivity contribution in [3.05, 3.63) is 72.4 Å². The number of hydrogen-bond donors (Lipinski definition) is 1. The molecular weight excluding hydrogens is 460 g/mol. The fraction of sp³-hybridized carbons (Fsp3) is 0.345. The molecule has 5 rings (SSSR count). The molecular formula is C29H32N8. The van der Waals surface area contributed by atoms with Gasteiger partial charge in [-0.2, -0.15) is 10.4 Å². The van der Waals surface area contributed by atoms with Crippen LogP contribution in [0.3, 0.4) is 0 Å². The van der Waals surface area contributed by atoms with Gasteiger partial charge in [-0.25, -0.2) is 19.6 Å². The Hall–Kier alpha value is -4.25. The maximum Gasteiger partial charge on any atom is 0.227 e. The summed E-state index contributed by atoms with van der Waals surface area (Å²) in [6, 6.07) is 18.1. The summed E-state index contributed by atoms with van der Waals surface area (Å²) in [7, 11) is 0. The van der Waals surface area contributed by atoms with Crippen LogP contribution in [0.15, 0.2) is 61.1 Å². The second-order valence-electron chi connectivity index (χ2n) is 10.5. The van der Waals surface area contributed by atoms with E-state index in [0.29, 0.717) is 11.5 Å². The molecule has 2 aromatic carbocycles. The van der Waals surface area contributed by atoms with Crippen LogP contribution in [0.4, 0.5) is 17.3 Å². The first-order valence-electron chi connectivity index (χ1n) is 12.8. The molecule has 2 aromatic heterocycles. The van der Waals surface area contributed by atoms with Crippen molar-refractivity contribution in [2.24, 2.45) is 0 Å². The number of anilines is 3. The topological polar surface area (TPSA) is 95.5 Å². The molecule has 1 aliphatic heterocycles. The minimum atomic E-state index is -0.101. The fourth-order valence-corrected chi connectivity index (χ4v) is 4.47. The highest BCUT2D eigenvalue weighted by Gasteiger charge is 2.19. The fourth-order valence-electron chi connectivity index (χ4n) is 4.47. The first kappa shape index (κ1) is 24.4. The second kappa shape index (κ2) is 10.4. The van der Waals surface area contributed by atoms with Gasteiger partial charge >= 0.3 is 0 Å². The summed E-state index contributed by atoms with van der Waals surface area (Å²) < 4.78 is 1.78. The van der Waals surface area contributed by atoms with Gasteiger partial charge in [-0.05, 0) is 61.4 Å². The molecule has 188 valence electrons. The summed E-state index contributed by atoms with van der Waals surface area (Å²) in [5, 5.41) is 17.6. The Balaban J connectivity index is 1.35. The van der Waals surface area contributed by atoms with E-state index in [1.165, 1.54) is 25.7 Å². The SMILES string of the molecule is CC(C)(C)c1ncn(-c2ccc(Nc3nccc(-c4cc(C#N)cc(N5CCCCCC5)c4)n3)cc2)n1. The molecule has 0 saturated carbocycles. The minimum absolute atomic E-state index is 0.101. The zero-order chi connectivity index (χ0) is 25.8. The third-order valence-electron chi connectivity index (χ3n) is 6.52. The molecule has 1 aliphatic rings. The lowest BCUT2D eigenvalue weighted by atomic mass is 9.96. The molecule has 0 unspecified atom stereocenters. The molecule has 4 aromatic rings. The van der Waals surface area contributed by atoms with Gasteiger partial charge in [0.1, 0.15) is 6.33 Å². The third kappa shape index (κ3) is 5.78. The molecule has 1 N–H and O–H groups in total. The van der Waals surface area contributed by atoms with E-state index in [0.717, 1.165) is 47.2 Å². The van der Waals surface area contributed by atoms with E-state index in [4.69, 9.17) is 4.98 Å². The molecule has 0 atom stereocenters. The van der Waals surface area contributed by atoms with Crippen molar-refractivity contribution in [2.45, 2.75) is 51.9 Å². The lowest BCUT2D eigenvalue weighted by Crippen LogP contribution is -2.23. The molecule has 0 aliphatic carbocycles. The Morgan fingerprint density at radius 2 is 1.65 bits per heavy atom. The summed E-state index contributed by atoms with van der Waals surface area (Å²) in [4.78, 5) is 16.0. The average molecular weight is 493 g/mol. The second-order valence-corrected chi connectivity index (χ2v) is 10.5. The van der Waals surface area contributed by atoms with Crippen molar-refractivity contribution < 1.29 is 0 Å². The summed E-state index contributed by atoms with van der Waals surface area (Å²) in [6.07, 6.45) is 8.38. The van der Waals surface area contributed by atoms with E-state index in [-0.39, 0.29) is 5.41 Å². The van der Waals surface area contributed by atoms with Gasteiger partial charge in [0.25, 0.3) is 0 Å². The first-order valence-corrected chi connectivity index (χ1v) is 12.8. The molecule has 8 heteroatoms. The standard InChI is InChI=1S/C29H32N8/c1-29(2,3)27-32-20-37(35-27)24-10-8-23(9-11-24)33-28-31-13-12-26(34-28)22-16-21(19-30)17-25(18-22)36-14-6-4-5-7-15-36/h8-13,16-18,20H,4-7,14-15H2,1-3H3,(H,31,33,34). The summed E-state index contributed by atoms with van der Waals surface area (Å²) >= 11 is 0. The summed E-state index contributed by atoms with van der Waals surface area (Å²) in [5.74, 6) is 1.30. The highest BCUT2D eigenvalue weighted by Crippen LogP contribution is 2.28. The van der Waals surface area contributed by atoms with E-state index in [1.807, 2.05) is 42.5 Å². The first-order chi connectivity index (χ1) is 17.9. The maximum atomic E-state index is 9.66. The Bertz CT molecular complexity index is 1400. The van der Waals surface area contributed by atoms with E-state index in [2.05, 4.69) is 58.2 Å². The molecule has 8 nitrogen and oxygen atoms in total. The van der Waals surface area contributed by atoms with Crippen molar-refractivity contribution in [3.8, 4) is 23.0 Å². The van der Waals surface area contributed by atoms with E-state index >= 15 is 0 Å². The molecule has 0 radical (unpaired) electrons. The molecule has 0 amide bonds. The van der Waals surface area contributed by atoms with Gasteiger partial charge in [0, 0.05) is 41.6 Å². The Labute approximate surface area is 218 Å². The van der Waals surface area contributed by atoms with Crippen LogP contribution in [-0.2, 0) is 5.41 Å². The number of rotatable bonds is 5. The number of aromatic nitrogens is 5. The average Bonchev–Trinajstić information content (AvgIpc) is 3.26. The van der Waals surface area contributed by atoms with Crippen LogP contribution >= 0.6 is 0 Å². The maximum absolute atomic E-state index is 9.66. The van der Waals surface area contributed by atoms with Gasteiger partial charge in [-0.1, -0.05) is 33.6 Å². The molecule has 0 spiro atoms. The zero-order valence-electron chi connectivity index (χ0n) is 21.6. The van der Waals surface area contributed by atoms with Crippen LogP contribution in [0.25, 0.3) is 16.9 Å². The predicted molar refractivity (Wildman–Crippen MR) is 146 cm³/mol. The lowest BCUT2D eigenvalue weighted by molar-refractivity contribution is 0.543. The van der Waals surface area contributed by atoms with Crippen LogP contribution in [0.1, 0.15) is 57.8 Å².